The van der Waals surface area contributed by atoms with Crippen molar-refractivity contribution in [3.8, 4) is 0 Å². The molecule has 0 aliphatic carbocycles. The lowest BCUT2D eigenvalue weighted by atomic mass is 9.93. The molecule has 0 atom stereocenters. The fourth-order valence-corrected chi connectivity index (χ4v) is 1.28. The minimum atomic E-state index is -1.01. The number of carbonyl (C=O) groups is 2. The smallest absolute Gasteiger partial charge is 0.337 e. The van der Waals surface area contributed by atoms with Gasteiger partial charge in [-0.1, -0.05) is 0 Å². The Labute approximate surface area is 105 Å². The zero-order valence-corrected chi connectivity index (χ0v) is 10.7. The van der Waals surface area contributed by atoms with Crippen molar-refractivity contribution in [2.24, 2.45) is 11.1 Å². The summed E-state index contributed by atoms with van der Waals surface area (Å²) >= 11 is 0. The third-order valence-electron chi connectivity index (χ3n) is 2.69. The van der Waals surface area contributed by atoms with Crippen molar-refractivity contribution in [2.75, 3.05) is 11.9 Å². The summed E-state index contributed by atoms with van der Waals surface area (Å²) in [4.78, 5) is 26.1. The molecule has 0 fully saturated rings. The highest BCUT2D eigenvalue weighted by Crippen LogP contribution is 2.16. The van der Waals surface area contributed by atoms with Gasteiger partial charge in [-0.05, 0) is 32.9 Å². The molecule has 0 bridgehead atoms. The third-order valence-corrected chi connectivity index (χ3v) is 2.69. The number of nitrogens with one attached hydrogen (secondary N) is 1. The van der Waals surface area contributed by atoms with Gasteiger partial charge >= 0.3 is 5.97 Å². The summed E-state index contributed by atoms with van der Waals surface area (Å²) in [5.41, 5.74) is 5.14. The van der Waals surface area contributed by atoms with E-state index in [0.29, 0.717) is 18.1 Å². The van der Waals surface area contributed by atoms with Crippen molar-refractivity contribution in [3.63, 3.8) is 0 Å². The van der Waals surface area contributed by atoms with E-state index >= 15 is 0 Å². The van der Waals surface area contributed by atoms with Gasteiger partial charge < -0.3 is 16.2 Å². The predicted molar refractivity (Wildman–Crippen MR) is 67.4 cm³/mol. The number of hydrogen-bond donors (Lipinski definition) is 3. The van der Waals surface area contributed by atoms with Gasteiger partial charge in [0.1, 0.15) is 5.82 Å². The number of carboxylic acids is 1. The minimum Gasteiger partial charge on any atom is -0.478 e. The molecule has 6 nitrogen and oxygen atoms in total. The highest BCUT2D eigenvalue weighted by atomic mass is 16.4. The number of aryl methyl sites for hydroxylation is 1. The van der Waals surface area contributed by atoms with E-state index in [1.807, 2.05) is 0 Å². The van der Waals surface area contributed by atoms with Crippen molar-refractivity contribution in [3.05, 3.63) is 23.4 Å². The molecule has 98 valence electrons. The molecular formula is C12H17N3O3. The first-order valence-electron chi connectivity index (χ1n) is 5.49. The number of anilines is 1. The number of carboxylic acid groups (broad SMARTS) is 1. The molecular weight excluding hydrogens is 234 g/mol. The van der Waals surface area contributed by atoms with Crippen LogP contribution in [0.3, 0.4) is 0 Å². The van der Waals surface area contributed by atoms with E-state index in [-0.39, 0.29) is 5.56 Å². The Hall–Kier alpha value is -2.11. The number of aromatic nitrogens is 1. The number of nitrogens with zero attached hydrogens (tertiary/aromatic N) is 1. The first-order valence-corrected chi connectivity index (χ1v) is 5.49. The van der Waals surface area contributed by atoms with Crippen LogP contribution >= 0.6 is 0 Å². The number of carbonyl (C=O) groups excluding carboxylic acids is 1. The molecule has 0 aromatic carbocycles. The summed E-state index contributed by atoms with van der Waals surface area (Å²) in [6.45, 7) is 5.40. The number of rotatable bonds is 5. The molecule has 1 rings (SSSR count). The van der Waals surface area contributed by atoms with Crippen LogP contribution in [-0.4, -0.2) is 28.5 Å². The van der Waals surface area contributed by atoms with Crippen molar-refractivity contribution in [1.29, 1.82) is 0 Å². The van der Waals surface area contributed by atoms with Crippen LogP contribution in [0.25, 0.3) is 0 Å². The molecule has 1 aromatic rings. The molecule has 1 amide bonds. The van der Waals surface area contributed by atoms with E-state index in [1.54, 1.807) is 26.8 Å². The second kappa shape index (κ2) is 5.03. The number of nitrogens with two attached hydrogens (primary N) is 1. The summed E-state index contributed by atoms with van der Waals surface area (Å²) in [5, 5.41) is 11.8. The second-order valence-corrected chi connectivity index (χ2v) is 4.74. The van der Waals surface area contributed by atoms with Crippen LogP contribution < -0.4 is 11.1 Å². The predicted octanol–water partition coefficient (Wildman–Crippen LogP) is 1.01. The fraction of sp³-hybridized carbons (Fsp3) is 0.417. The van der Waals surface area contributed by atoms with Crippen LogP contribution in [0.4, 0.5) is 5.82 Å². The van der Waals surface area contributed by atoms with Crippen molar-refractivity contribution >= 4 is 17.7 Å². The molecule has 0 unspecified atom stereocenters. The Morgan fingerprint density at radius 2 is 2.06 bits per heavy atom. The van der Waals surface area contributed by atoms with E-state index in [4.69, 9.17) is 10.8 Å². The normalized spacial score (nSPS) is 11.1. The van der Waals surface area contributed by atoms with Crippen LogP contribution in [0.2, 0.25) is 0 Å². The lowest BCUT2D eigenvalue weighted by Crippen LogP contribution is -2.37. The quantitative estimate of drug-likeness (QED) is 0.724. The summed E-state index contributed by atoms with van der Waals surface area (Å²) in [6, 6.07) is 3.04. The maximum Gasteiger partial charge on any atom is 0.337 e. The summed E-state index contributed by atoms with van der Waals surface area (Å²) < 4.78 is 0. The molecule has 0 saturated carbocycles. The Balaban J connectivity index is 2.79. The molecule has 1 heterocycles. The molecule has 0 radical (unpaired) electrons. The second-order valence-electron chi connectivity index (χ2n) is 4.74. The van der Waals surface area contributed by atoms with Crippen LogP contribution in [0, 0.1) is 12.3 Å². The molecule has 0 spiro atoms. The standard InChI is InChI=1S/C12H17N3O3/c1-7-8(10(16)17)4-5-9(15-7)14-6-12(2,3)11(13)18/h4-5H,6H2,1-3H3,(H2,13,18)(H,14,15)(H,16,17). The molecule has 0 aliphatic heterocycles. The highest BCUT2D eigenvalue weighted by Gasteiger charge is 2.24. The van der Waals surface area contributed by atoms with Gasteiger partial charge in [-0.2, -0.15) is 0 Å². The summed E-state index contributed by atoms with van der Waals surface area (Å²) in [5.74, 6) is -0.898. The minimum absolute atomic E-state index is 0.162. The maximum atomic E-state index is 11.1. The lowest BCUT2D eigenvalue weighted by Gasteiger charge is -2.21. The van der Waals surface area contributed by atoms with Gasteiger partial charge in [-0.15, -0.1) is 0 Å². The molecule has 1 aromatic heterocycles. The highest BCUT2D eigenvalue weighted by molar-refractivity contribution is 5.89. The maximum absolute atomic E-state index is 11.1. The number of hydrogen-bond acceptors (Lipinski definition) is 4. The molecule has 0 saturated heterocycles. The SMILES string of the molecule is Cc1nc(NCC(C)(C)C(N)=O)ccc1C(=O)O. The van der Waals surface area contributed by atoms with Crippen molar-refractivity contribution in [2.45, 2.75) is 20.8 Å². The Morgan fingerprint density at radius 1 is 1.44 bits per heavy atom. The van der Waals surface area contributed by atoms with Gasteiger partial charge in [0.15, 0.2) is 0 Å². The van der Waals surface area contributed by atoms with Crippen LogP contribution in [0.1, 0.15) is 29.9 Å². The van der Waals surface area contributed by atoms with Crippen LogP contribution in [0.5, 0.6) is 0 Å². The average Bonchev–Trinajstić information content (AvgIpc) is 2.25. The average molecular weight is 251 g/mol. The van der Waals surface area contributed by atoms with Crippen LogP contribution in [-0.2, 0) is 4.79 Å². The fourth-order valence-electron chi connectivity index (χ4n) is 1.28. The number of aromatic carboxylic acids is 1. The van der Waals surface area contributed by atoms with E-state index in [9.17, 15) is 9.59 Å². The van der Waals surface area contributed by atoms with Crippen molar-refractivity contribution in [1.82, 2.24) is 4.98 Å². The summed E-state index contributed by atoms with van der Waals surface area (Å²) in [6.07, 6.45) is 0. The zero-order valence-electron chi connectivity index (χ0n) is 10.7. The van der Waals surface area contributed by atoms with Crippen molar-refractivity contribution < 1.29 is 14.7 Å². The third kappa shape index (κ3) is 3.19. The molecule has 4 N–H and O–H groups in total. The Kier molecular flexibility index (Phi) is 3.90. The van der Waals surface area contributed by atoms with Gasteiger partial charge in [-0.25, -0.2) is 9.78 Å². The summed E-state index contributed by atoms with van der Waals surface area (Å²) in [7, 11) is 0. The number of amides is 1. The zero-order chi connectivity index (χ0) is 13.9. The Bertz CT molecular complexity index is 483. The molecule has 0 aliphatic rings. The number of pyridine rings is 1. The van der Waals surface area contributed by atoms with Gasteiger partial charge in [0, 0.05) is 6.54 Å². The first-order chi connectivity index (χ1) is 8.24. The van der Waals surface area contributed by atoms with Gasteiger partial charge in [0.25, 0.3) is 0 Å². The molecule has 18 heavy (non-hydrogen) atoms. The van der Waals surface area contributed by atoms with Gasteiger partial charge in [0.2, 0.25) is 5.91 Å². The topological polar surface area (TPSA) is 105 Å². The number of primary amides is 1. The molecule has 6 heteroatoms. The lowest BCUT2D eigenvalue weighted by molar-refractivity contribution is -0.125. The van der Waals surface area contributed by atoms with E-state index in [0.717, 1.165) is 0 Å². The Morgan fingerprint density at radius 3 is 2.50 bits per heavy atom. The van der Waals surface area contributed by atoms with Crippen LogP contribution in [0.15, 0.2) is 12.1 Å². The van der Waals surface area contributed by atoms with E-state index in [2.05, 4.69) is 10.3 Å². The largest absolute Gasteiger partial charge is 0.478 e. The van der Waals surface area contributed by atoms with E-state index < -0.39 is 17.3 Å². The van der Waals surface area contributed by atoms with Gasteiger partial charge in [0.05, 0.1) is 16.7 Å². The monoisotopic (exact) mass is 251 g/mol. The van der Waals surface area contributed by atoms with E-state index in [1.165, 1.54) is 6.07 Å². The van der Waals surface area contributed by atoms with Gasteiger partial charge in [-0.3, -0.25) is 4.79 Å². The first kappa shape index (κ1) is 14.0.